The Kier molecular flexibility index (Phi) is 2.12. The summed E-state index contributed by atoms with van der Waals surface area (Å²) in [7, 11) is 0. The van der Waals surface area contributed by atoms with E-state index in [0.717, 1.165) is 24.4 Å². The van der Waals surface area contributed by atoms with Gasteiger partial charge in [0.15, 0.2) is 0 Å². The van der Waals surface area contributed by atoms with Crippen LogP contribution >= 0.6 is 0 Å². The Bertz CT molecular complexity index is 201. The zero-order valence-electron chi connectivity index (χ0n) is 9.30. The lowest BCUT2D eigenvalue weighted by atomic mass is 9.77. The van der Waals surface area contributed by atoms with Crippen LogP contribution in [0.2, 0.25) is 0 Å². The maximum Gasteiger partial charge on any atom is 0.0683 e. The number of hydrogen-bond acceptors (Lipinski definition) is 1. The first-order valence-corrected chi connectivity index (χ1v) is 6.41. The quantitative estimate of drug-likeness (QED) is 0.574. The maximum atomic E-state index is 6.23. The molecule has 14 heavy (non-hydrogen) atoms. The average Bonchev–Trinajstić information content (AvgIpc) is 2.94. The van der Waals surface area contributed by atoms with Gasteiger partial charge in [-0.3, -0.25) is 0 Å². The van der Waals surface area contributed by atoms with Crippen molar-refractivity contribution in [3.05, 3.63) is 0 Å². The van der Waals surface area contributed by atoms with Gasteiger partial charge in [-0.25, -0.2) is 0 Å². The van der Waals surface area contributed by atoms with Crippen molar-refractivity contribution in [2.45, 2.75) is 57.5 Å². The van der Waals surface area contributed by atoms with Crippen LogP contribution in [0.3, 0.4) is 0 Å². The van der Waals surface area contributed by atoms with Crippen LogP contribution in [-0.2, 0) is 4.74 Å². The molecular formula is C13H22O. The molecule has 0 radical (unpaired) electrons. The molecule has 3 fully saturated rings. The van der Waals surface area contributed by atoms with E-state index in [1.807, 2.05) is 0 Å². The third-order valence-corrected chi connectivity index (χ3v) is 4.83. The summed E-state index contributed by atoms with van der Waals surface area (Å²) >= 11 is 0. The Labute approximate surface area is 87.2 Å². The minimum Gasteiger partial charge on any atom is -0.375 e. The summed E-state index contributed by atoms with van der Waals surface area (Å²) in [6.45, 7) is 3.47. The van der Waals surface area contributed by atoms with Crippen molar-refractivity contribution in [2.24, 2.45) is 17.8 Å². The van der Waals surface area contributed by atoms with Crippen molar-refractivity contribution in [2.75, 3.05) is 6.61 Å². The third kappa shape index (κ3) is 1.60. The zero-order chi connectivity index (χ0) is 9.60. The van der Waals surface area contributed by atoms with Gasteiger partial charge in [0.05, 0.1) is 12.2 Å². The van der Waals surface area contributed by atoms with Crippen LogP contribution in [0.4, 0.5) is 0 Å². The van der Waals surface area contributed by atoms with Gasteiger partial charge in [-0.1, -0.05) is 6.92 Å². The van der Waals surface area contributed by atoms with Crippen LogP contribution < -0.4 is 0 Å². The van der Waals surface area contributed by atoms with Gasteiger partial charge in [0.2, 0.25) is 0 Å². The summed E-state index contributed by atoms with van der Waals surface area (Å²) in [4.78, 5) is 0. The summed E-state index contributed by atoms with van der Waals surface area (Å²) in [5, 5.41) is 0. The summed E-state index contributed by atoms with van der Waals surface area (Å²) in [6, 6.07) is 0. The van der Waals surface area contributed by atoms with Crippen molar-refractivity contribution < 1.29 is 4.74 Å². The minimum atomic E-state index is 0.333. The van der Waals surface area contributed by atoms with Gasteiger partial charge in [0.1, 0.15) is 0 Å². The van der Waals surface area contributed by atoms with E-state index in [0.29, 0.717) is 5.60 Å². The fourth-order valence-corrected chi connectivity index (χ4v) is 3.35. The lowest BCUT2D eigenvalue weighted by Crippen LogP contribution is -2.36. The predicted molar refractivity (Wildman–Crippen MR) is 57.1 cm³/mol. The first kappa shape index (κ1) is 9.21. The molecule has 0 aromatic carbocycles. The topological polar surface area (TPSA) is 9.23 Å². The largest absolute Gasteiger partial charge is 0.375 e. The maximum absolute atomic E-state index is 6.23. The van der Waals surface area contributed by atoms with Gasteiger partial charge >= 0.3 is 0 Å². The van der Waals surface area contributed by atoms with Crippen molar-refractivity contribution in [3.8, 4) is 0 Å². The smallest absolute Gasteiger partial charge is 0.0683 e. The molecule has 1 saturated heterocycles. The second-order valence-electron chi connectivity index (χ2n) is 5.97. The number of fused-ring (bicyclic) bond motifs is 1. The Morgan fingerprint density at radius 1 is 1.00 bits per heavy atom. The highest BCUT2D eigenvalue weighted by Crippen LogP contribution is 2.50. The first-order valence-electron chi connectivity index (χ1n) is 6.41. The number of hydrogen-bond donors (Lipinski definition) is 0. The highest BCUT2D eigenvalue weighted by molar-refractivity contribution is 4.95. The van der Waals surface area contributed by atoms with Crippen LogP contribution in [0.15, 0.2) is 0 Å². The van der Waals surface area contributed by atoms with Crippen LogP contribution in [0, 0.1) is 17.8 Å². The van der Waals surface area contributed by atoms with E-state index in [-0.39, 0.29) is 0 Å². The highest BCUT2D eigenvalue weighted by atomic mass is 16.5. The molecule has 1 heterocycles. The standard InChI is InChI=1S/C13H22O/c1-10-2-5-13(6-3-10)7-4-11-8-12(11)9-14-13/h10-12H,2-9H2,1H3/t10?,11-,12+,13?/m0/s1. The Hall–Kier alpha value is -0.0400. The van der Waals surface area contributed by atoms with E-state index in [1.54, 1.807) is 0 Å². The third-order valence-electron chi connectivity index (χ3n) is 4.83. The molecule has 0 aromatic rings. The minimum absolute atomic E-state index is 0.333. The Morgan fingerprint density at radius 2 is 1.71 bits per heavy atom. The molecule has 0 N–H and O–H groups in total. The van der Waals surface area contributed by atoms with Crippen molar-refractivity contribution >= 4 is 0 Å². The molecule has 3 rings (SSSR count). The lowest BCUT2D eigenvalue weighted by molar-refractivity contribution is -0.0802. The Morgan fingerprint density at radius 3 is 2.50 bits per heavy atom. The van der Waals surface area contributed by atoms with Gasteiger partial charge < -0.3 is 4.74 Å². The molecule has 1 spiro atoms. The molecule has 1 nitrogen and oxygen atoms in total. The molecule has 80 valence electrons. The van der Waals surface area contributed by atoms with E-state index in [4.69, 9.17) is 4.74 Å². The zero-order valence-corrected chi connectivity index (χ0v) is 9.30. The number of ether oxygens (including phenoxy) is 1. The fraction of sp³-hybridized carbons (Fsp3) is 1.00. The second kappa shape index (κ2) is 3.23. The van der Waals surface area contributed by atoms with Crippen LogP contribution in [-0.4, -0.2) is 12.2 Å². The predicted octanol–water partition coefficient (Wildman–Crippen LogP) is 3.38. The van der Waals surface area contributed by atoms with E-state index >= 15 is 0 Å². The monoisotopic (exact) mass is 194 g/mol. The molecule has 0 bridgehead atoms. The summed E-state index contributed by atoms with van der Waals surface area (Å²) in [5.41, 5.74) is 0.333. The van der Waals surface area contributed by atoms with Crippen LogP contribution in [0.1, 0.15) is 51.9 Å². The van der Waals surface area contributed by atoms with Crippen LogP contribution in [0.25, 0.3) is 0 Å². The molecule has 0 unspecified atom stereocenters. The average molecular weight is 194 g/mol. The lowest BCUT2D eigenvalue weighted by Gasteiger charge is -2.39. The molecule has 2 atom stereocenters. The first-order chi connectivity index (χ1) is 6.77. The normalized spacial score (nSPS) is 52.5. The summed E-state index contributed by atoms with van der Waals surface area (Å²) in [5.74, 6) is 2.95. The van der Waals surface area contributed by atoms with Crippen LogP contribution in [0.5, 0.6) is 0 Å². The van der Waals surface area contributed by atoms with E-state index < -0.39 is 0 Å². The van der Waals surface area contributed by atoms with E-state index in [9.17, 15) is 0 Å². The van der Waals surface area contributed by atoms with Crippen molar-refractivity contribution in [1.82, 2.24) is 0 Å². The summed E-state index contributed by atoms with van der Waals surface area (Å²) in [6.07, 6.45) is 9.76. The number of rotatable bonds is 0. The van der Waals surface area contributed by atoms with Gasteiger partial charge in [-0.05, 0) is 62.7 Å². The van der Waals surface area contributed by atoms with Gasteiger partial charge in [0, 0.05) is 0 Å². The SMILES string of the molecule is CC1CCC2(CC1)CC[C@H]1C[C@@H]1CO2. The molecule has 3 aliphatic rings. The van der Waals surface area contributed by atoms with Crippen molar-refractivity contribution in [3.63, 3.8) is 0 Å². The summed E-state index contributed by atoms with van der Waals surface area (Å²) < 4.78 is 6.23. The highest BCUT2D eigenvalue weighted by Gasteiger charge is 2.45. The van der Waals surface area contributed by atoms with Gasteiger partial charge in [0.25, 0.3) is 0 Å². The van der Waals surface area contributed by atoms with Gasteiger partial charge in [-0.15, -0.1) is 0 Å². The fourth-order valence-electron chi connectivity index (χ4n) is 3.35. The molecule has 0 aromatic heterocycles. The molecule has 0 amide bonds. The molecular weight excluding hydrogens is 172 g/mol. The second-order valence-corrected chi connectivity index (χ2v) is 5.97. The van der Waals surface area contributed by atoms with Crippen molar-refractivity contribution in [1.29, 1.82) is 0 Å². The molecule has 2 saturated carbocycles. The van der Waals surface area contributed by atoms with Gasteiger partial charge in [-0.2, -0.15) is 0 Å². The van der Waals surface area contributed by atoms with E-state index in [1.165, 1.54) is 44.9 Å². The van der Waals surface area contributed by atoms with E-state index in [2.05, 4.69) is 6.92 Å². The molecule has 1 heteroatoms. The molecule has 1 aliphatic heterocycles. The molecule has 2 aliphatic carbocycles. The Balaban J connectivity index is 1.64.